The fraction of sp³-hybridized carbons (Fsp3) is 0.680. The summed E-state index contributed by atoms with van der Waals surface area (Å²) in [5.41, 5.74) is 7.42. The fourth-order valence-corrected chi connectivity index (χ4v) is 3.68. The molecule has 0 heterocycles. The molecule has 32 heavy (non-hydrogen) atoms. The smallest absolute Gasteiger partial charge is 0.222 e. The van der Waals surface area contributed by atoms with Crippen molar-refractivity contribution in [2.75, 3.05) is 20.3 Å². The third-order valence-electron chi connectivity index (χ3n) is 5.90. The van der Waals surface area contributed by atoms with Crippen LogP contribution in [-0.2, 0) is 11.2 Å². The SMILES string of the molecule is CCCCNC(=O)[C@H](C)C[C@H](O)[C@@H](N)C[C@H](Cc1ccc(OC)c(OCC#N)c1)C(C)C. The first kappa shape index (κ1) is 27.7. The lowest BCUT2D eigenvalue weighted by Crippen LogP contribution is -2.41. The summed E-state index contributed by atoms with van der Waals surface area (Å²) >= 11 is 0. The van der Waals surface area contributed by atoms with Gasteiger partial charge in [-0.1, -0.05) is 40.2 Å². The Labute approximate surface area is 193 Å². The Morgan fingerprint density at radius 3 is 2.56 bits per heavy atom. The molecular formula is C25H41N3O4. The number of nitriles is 1. The molecule has 1 aromatic rings. The van der Waals surface area contributed by atoms with E-state index in [1.807, 2.05) is 31.2 Å². The van der Waals surface area contributed by atoms with Gasteiger partial charge in [-0.05, 0) is 55.2 Å². The Morgan fingerprint density at radius 2 is 1.97 bits per heavy atom. The van der Waals surface area contributed by atoms with Gasteiger partial charge in [-0.15, -0.1) is 0 Å². The van der Waals surface area contributed by atoms with E-state index in [1.165, 1.54) is 0 Å². The van der Waals surface area contributed by atoms with Crippen molar-refractivity contribution < 1.29 is 19.4 Å². The predicted octanol–water partition coefficient (Wildman–Crippen LogP) is 3.43. The normalized spacial score (nSPS) is 14.8. The number of rotatable bonds is 15. The van der Waals surface area contributed by atoms with E-state index in [-0.39, 0.29) is 24.3 Å². The van der Waals surface area contributed by atoms with E-state index in [4.69, 9.17) is 20.5 Å². The van der Waals surface area contributed by atoms with Crippen molar-refractivity contribution in [1.82, 2.24) is 5.32 Å². The van der Waals surface area contributed by atoms with Crippen molar-refractivity contribution in [3.8, 4) is 17.6 Å². The summed E-state index contributed by atoms with van der Waals surface area (Å²) in [5.74, 6) is 1.41. The van der Waals surface area contributed by atoms with Gasteiger partial charge in [0.2, 0.25) is 5.91 Å². The number of unbranched alkanes of at least 4 members (excludes halogenated alkanes) is 1. The Balaban J connectivity index is 2.74. The van der Waals surface area contributed by atoms with Gasteiger partial charge in [0.25, 0.3) is 0 Å². The summed E-state index contributed by atoms with van der Waals surface area (Å²) in [6.45, 7) is 8.81. The first-order valence-electron chi connectivity index (χ1n) is 11.6. The Bertz CT molecular complexity index is 732. The molecule has 4 N–H and O–H groups in total. The molecule has 4 atom stereocenters. The van der Waals surface area contributed by atoms with Crippen molar-refractivity contribution in [1.29, 1.82) is 5.26 Å². The number of ether oxygens (including phenoxy) is 2. The highest BCUT2D eigenvalue weighted by Crippen LogP contribution is 2.31. The Hall–Kier alpha value is -2.30. The summed E-state index contributed by atoms with van der Waals surface area (Å²) in [6.07, 6.45) is 2.98. The molecule has 0 fully saturated rings. The summed E-state index contributed by atoms with van der Waals surface area (Å²) in [7, 11) is 1.57. The molecule has 7 heteroatoms. The lowest BCUT2D eigenvalue weighted by molar-refractivity contribution is -0.125. The third-order valence-corrected chi connectivity index (χ3v) is 5.90. The molecule has 0 spiro atoms. The van der Waals surface area contributed by atoms with Gasteiger partial charge in [0.05, 0.1) is 13.2 Å². The van der Waals surface area contributed by atoms with E-state index in [9.17, 15) is 9.90 Å². The minimum absolute atomic E-state index is 0.0340. The third kappa shape index (κ3) is 9.46. The van der Waals surface area contributed by atoms with E-state index in [0.29, 0.717) is 36.8 Å². The van der Waals surface area contributed by atoms with Crippen molar-refractivity contribution >= 4 is 5.91 Å². The molecule has 1 rings (SSSR count). The van der Waals surface area contributed by atoms with Crippen LogP contribution in [0.15, 0.2) is 18.2 Å². The quantitative estimate of drug-likeness (QED) is 0.355. The Kier molecular flexibility index (Phi) is 12.7. The monoisotopic (exact) mass is 447 g/mol. The number of nitrogens with zero attached hydrogens (tertiary/aromatic N) is 1. The van der Waals surface area contributed by atoms with Gasteiger partial charge in [-0.3, -0.25) is 4.79 Å². The number of carbonyl (C=O) groups excluding carboxylic acids is 1. The fourth-order valence-electron chi connectivity index (χ4n) is 3.68. The molecule has 180 valence electrons. The second kappa shape index (κ2) is 14.7. The van der Waals surface area contributed by atoms with Crippen LogP contribution < -0.4 is 20.5 Å². The maximum atomic E-state index is 12.2. The van der Waals surface area contributed by atoms with Crippen LogP contribution in [0.4, 0.5) is 0 Å². The Morgan fingerprint density at radius 1 is 1.25 bits per heavy atom. The molecule has 1 aromatic carbocycles. The number of aliphatic hydroxyl groups excluding tert-OH is 1. The number of aliphatic hydroxyl groups is 1. The zero-order chi connectivity index (χ0) is 24.1. The number of benzene rings is 1. The van der Waals surface area contributed by atoms with Crippen LogP contribution in [-0.4, -0.2) is 43.4 Å². The van der Waals surface area contributed by atoms with Gasteiger partial charge < -0.3 is 25.6 Å². The van der Waals surface area contributed by atoms with Gasteiger partial charge in [-0.2, -0.15) is 5.26 Å². The zero-order valence-corrected chi connectivity index (χ0v) is 20.3. The number of methoxy groups -OCH3 is 1. The van der Waals surface area contributed by atoms with Gasteiger partial charge >= 0.3 is 0 Å². The molecule has 0 aliphatic heterocycles. The van der Waals surface area contributed by atoms with E-state index < -0.39 is 12.1 Å². The maximum absolute atomic E-state index is 12.2. The number of hydrogen-bond donors (Lipinski definition) is 3. The topological polar surface area (TPSA) is 118 Å². The number of amides is 1. The zero-order valence-electron chi connectivity index (χ0n) is 20.3. The highest BCUT2D eigenvalue weighted by Gasteiger charge is 2.26. The van der Waals surface area contributed by atoms with E-state index in [1.54, 1.807) is 7.11 Å². The van der Waals surface area contributed by atoms with Crippen LogP contribution in [0.3, 0.4) is 0 Å². The molecule has 0 radical (unpaired) electrons. The second-order valence-electron chi connectivity index (χ2n) is 8.89. The predicted molar refractivity (Wildman–Crippen MR) is 126 cm³/mol. The molecule has 7 nitrogen and oxygen atoms in total. The molecular weight excluding hydrogens is 406 g/mol. The molecule has 0 aliphatic rings. The van der Waals surface area contributed by atoms with Crippen LogP contribution in [0, 0.1) is 29.1 Å². The van der Waals surface area contributed by atoms with Crippen molar-refractivity contribution in [3.63, 3.8) is 0 Å². The summed E-state index contributed by atoms with van der Waals surface area (Å²) in [6, 6.07) is 7.28. The minimum Gasteiger partial charge on any atom is -0.493 e. The number of carbonyl (C=O) groups is 1. The van der Waals surface area contributed by atoms with Crippen LogP contribution in [0.2, 0.25) is 0 Å². The highest BCUT2D eigenvalue weighted by molar-refractivity contribution is 5.78. The minimum atomic E-state index is -0.742. The number of nitrogens with one attached hydrogen (secondary N) is 1. The largest absolute Gasteiger partial charge is 0.493 e. The van der Waals surface area contributed by atoms with Crippen LogP contribution in [0.5, 0.6) is 11.5 Å². The van der Waals surface area contributed by atoms with E-state index in [0.717, 1.165) is 24.8 Å². The van der Waals surface area contributed by atoms with Gasteiger partial charge in [-0.25, -0.2) is 0 Å². The maximum Gasteiger partial charge on any atom is 0.222 e. The van der Waals surface area contributed by atoms with Gasteiger partial charge in [0.1, 0.15) is 6.07 Å². The molecule has 0 aliphatic carbocycles. The standard InChI is InChI=1S/C25H41N3O4/c1-6-7-11-28-25(30)18(4)13-22(29)21(27)16-20(17(2)3)14-19-8-9-23(31-5)24(15-19)32-12-10-26/h8-9,15,17-18,20-22,29H,6-7,11-14,16,27H2,1-5H3,(H,28,30)/t18-,20+,21+,22+/m1/s1. The molecule has 0 bridgehead atoms. The first-order valence-corrected chi connectivity index (χ1v) is 11.6. The summed E-state index contributed by atoms with van der Waals surface area (Å²) < 4.78 is 10.8. The molecule has 0 saturated carbocycles. The van der Waals surface area contributed by atoms with E-state index >= 15 is 0 Å². The van der Waals surface area contributed by atoms with Crippen molar-refractivity contribution in [2.45, 2.75) is 71.9 Å². The van der Waals surface area contributed by atoms with Crippen molar-refractivity contribution in [3.05, 3.63) is 23.8 Å². The number of hydrogen-bond acceptors (Lipinski definition) is 6. The molecule has 1 amide bonds. The lowest BCUT2D eigenvalue weighted by atomic mass is 9.82. The highest BCUT2D eigenvalue weighted by atomic mass is 16.5. The first-order chi connectivity index (χ1) is 15.2. The van der Waals surface area contributed by atoms with E-state index in [2.05, 4.69) is 26.1 Å². The second-order valence-corrected chi connectivity index (χ2v) is 8.89. The van der Waals surface area contributed by atoms with Crippen LogP contribution in [0.1, 0.15) is 58.9 Å². The van der Waals surface area contributed by atoms with Gasteiger partial charge in [0, 0.05) is 18.5 Å². The summed E-state index contributed by atoms with van der Waals surface area (Å²) in [4.78, 5) is 12.2. The lowest BCUT2D eigenvalue weighted by Gasteiger charge is -2.28. The summed E-state index contributed by atoms with van der Waals surface area (Å²) in [5, 5.41) is 22.4. The van der Waals surface area contributed by atoms with Crippen LogP contribution in [0.25, 0.3) is 0 Å². The van der Waals surface area contributed by atoms with Gasteiger partial charge in [0.15, 0.2) is 18.1 Å². The average Bonchev–Trinajstić information content (AvgIpc) is 2.77. The average molecular weight is 448 g/mol. The molecule has 0 aromatic heterocycles. The molecule has 0 unspecified atom stereocenters. The molecule has 0 saturated heterocycles. The van der Waals surface area contributed by atoms with Crippen LogP contribution >= 0.6 is 0 Å². The van der Waals surface area contributed by atoms with Crippen molar-refractivity contribution in [2.24, 2.45) is 23.5 Å². The number of nitrogens with two attached hydrogens (primary N) is 1.